The number of benzene rings is 2. The van der Waals surface area contributed by atoms with Crippen LogP contribution >= 0.6 is 0 Å². The van der Waals surface area contributed by atoms with Crippen LogP contribution in [-0.4, -0.2) is 38.3 Å². The predicted molar refractivity (Wildman–Crippen MR) is 122 cm³/mol. The lowest BCUT2D eigenvalue weighted by Crippen LogP contribution is -2.40. The smallest absolute Gasteiger partial charge is 0.348 e. The summed E-state index contributed by atoms with van der Waals surface area (Å²) in [5.41, 5.74) is 3.88. The lowest BCUT2D eigenvalue weighted by atomic mass is 9.92. The molecule has 180 valence electrons. The van der Waals surface area contributed by atoms with Gasteiger partial charge in [-0.2, -0.15) is 13.2 Å². The van der Waals surface area contributed by atoms with Crippen molar-refractivity contribution in [1.82, 2.24) is 10.0 Å². The number of rotatable bonds is 8. The molecular weight excluding hydrogens is 453 g/mol. The first-order chi connectivity index (χ1) is 15.5. The van der Waals surface area contributed by atoms with Crippen molar-refractivity contribution in [1.29, 1.82) is 0 Å². The minimum Gasteiger partial charge on any atom is -0.348 e. The number of carbonyl (C=O) groups is 1. The SMILES string of the molecule is CC(C)S(=O)(=O)NC1CCCC1c1ccc(-c2ccc(CCNC(=O)C(F)(F)F)cc2)cc1. The summed E-state index contributed by atoms with van der Waals surface area (Å²) in [6.07, 6.45) is -1.83. The maximum atomic E-state index is 12.3. The highest BCUT2D eigenvalue weighted by molar-refractivity contribution is 7.90. The monoisotopic (exact) mass is 482 g/mol. The van der Waals surface area contributed by atoms with Crippen LogP contribution in [0, 0.1) is 0 Å². The van der Waals surface area contributed by atoms with Crippen molar-refractivity contribution in [3.05, 3.63) is 59.7 Å². The van der Waals surface area contributed by atoms with E-state index in [1.807, 2.05) is 53.8 Å². The summed E-state index contributed by atoms with van der Waals surface area (Å²) in [4.78, 5) is 10.9. The number of sulfonamides is 1. The van der Waals surface area contributed by atoms with E-state index in [0.29, 0.717) is 6.42 Å². The maximum absolute atomic E-state index is 12.3. The summed E-state index contributed by atoms with van der Waals surface area (Å²) in [7, 11) is -3.33. The molecule has 1 saturated carbocycles. The maximum Gasteiger partial charge on any atom is 0.471 e. The third-order valence-electron chi connectivity index (χ3n) is 6.04. The molecule has 0 saturated heterocycles. The van der Waals surface area contributed by atoms with Crippen molar-refractivity contribution < 1.29 is 26.4 Å². The predicted octanol–water partition coefficient (Wildman–Crippen LogP) is 4.54. The van der Waals surface area contributed by atoms with Gasteiger partial charge in [-0.25, -0.2) is 13.1 Å². The molecule has 33 heavy (non-hydrogen) atoms. The van der Waals surface area contributed by atoms with E-state index in [1.165, 1.54) is 0 Å². The van der Waals surface area contributed by atoms with Crippen molar-refractivity contribution in [2.45, 2.75) is 62.9 Å². The highest BCUT2D eigenvalue weighted by Crippen LogP contribution is 2.36. The van der Waals surface area contributed by atoms with Crippen molar-refractivity contribution >= 4 is 15.9 Å². The average Bonchev–Trinajstić information content (AvgIpc) is 3.21. The van der Waals surface area contributed by atoms with Crippen LogP contribution in [0.1, 0.15) is 50.2 Å². The molecule has 2 aromatic rings. The van der Waals surface area contributed by atoms with Gasteiger partial charge in [0.05, 0.1) is 5.25 Å². The zero-order valence-electron chi connectivity index (χ0n) is 18.7. The summed E-state index contributed by atoms with van der Waals surface area (Å²) in [6, 6.07) is 15.4. The lowest BCUT2D eigenvalue weighted by molar-refractivity contribution is -0.173. The number of hydrogen-bond donors (Lipinski definition) is 2. The third kappa shape index (κ3) is 6.57. The first-order valence-corrected chi connectivity index (χ1v) is 12.6. The summed E-state index contributed by atoms with van der Waals surface area (Å²) in [6.45, 7) is 3.26. The first kappa shape index (κ1) is 25.2. The molecule has 0 aliphatic heterocycles. The number of carbonyl (C=O) groups excluding carboxylic acids is 1. The van der Waals surface area contributed by atoms with E-state index in [9.17, 15) is 26.4 Å². The molecule has 2 unspecified atom stereocenters. The van der Waals surface area contributed by atoms with Gasteiger partial charge < -0.3 is 5.32 Å². The second-order valence-corrected chi connectivity index (χ2v) is 10.9. The molecule has 0 radical (unpaired) electrons. The van der Waals surface area contributed by atoms with Gasteiger partial charge >= 0.3 is 12.1 Å². The molecular formula is C24H29F3N2O3S. The van der Waals surface area contributed by atoms with Crippen LogP contribution in [0.4, 0.5) is 13.2 Å². The van der Waals surface area contributed by atoms with Crippen LogP contribution in [0.3, 0.4) is 0 Å². The number of halogens is 3. The molecule has 2 aromatic carbocycles. The Morgan fingerprint density at radius 2 is 1.58 bits per heavy atom. The Kier molecular flexibility index (Phi) is 7.84. The zero-order valence-corrected chi connectivity index (χ0v) is 19.5. The quantitative estimate of drug-likeness (QED) is 0.580. The molecule has 0 heterocycles. The van der Waals surface area contributed by atoms with Gasteiger partial charge in [0, 0.05) is 18.5 Å². The summed E-state index contributed by atoms with van der Waals surface area (Å²) >= 11 is 0. The highest BCUT2D eigenvalue weighted by Gasteiger charge is 2.38. The number of nitrogens with one attached hydrogen (secondary N) is 2. The van der Waals surface area contributed by atoms with Crippen LogP contribution in [0.25, 0.3) is 11.1 Å². The molecule has 0 aromatic heterocycles. The van der Waals surface area contributed by atoms with Crippen LogP contribution in [0.5, 0.6) is 0 Å². The van der Waals surface area contributed by atoms with Gasteiger partial charge in [-0.05, 0) is 55.4 Å². The lowest BCUT2D eigenvalue weighted by Gasteiger charge is -2.23. The molecule has 2 N–H and O–H groups in total. The molecule has 1 fully saturated rings. The number of alkyl halides is 3. The van der Waals surface area contributed by atoms with Gasteiger partial charge in [0.25, 0.3) is 0 Å². The molecule has 0 bridgehead atoms. The Labute approximate surface area is 192 Å². The average molecular weight is 483 g/mol. The molecule has 1 aliphatic rings. The Morgan fingerprint density at radius 3 is 2.12 bits per heavy atom. The fourth-order valence-electron chi connectivity index (χ4n) is 4.05. The van der Waals surface area contributed by atoms with E-state index in [4.69, 9.17) is 0 Å². The summed E-state index contributed by atoms with van der Waals surface area (Å²) < 4.78 is 64.1. The van der Waals surface area contributed by atoms with E-state index in [1.54, 1.807) is 13.8 Å². The van der Waals surface area contributed by atoms with Gasteiger partial charge in [0.1, 0.15) is 0 Å². The van der Waals surface area contributed by atoms with Crippen molar-refractivity contribution in [2.24, 2.45) is 0 Å². The van der Waals surface area contributed by atoms with E-state index >= 15 is 0 Å². The van der Waals surface area contributed by atoms with Crippen LogP contribution in [-0.2, 0) is 21.2 Å². The highest BCUT2D eigenvalue weighted by atomic mass is 32.2. The van der Waals surface area contributed by atoms with Gasteiger partial charge in [-0.3, -0.25) is 4.79 Å². The number of amides is 1. The van der Waals surface area contributed by atoms with Crippen LogP contribution < -0.4 is 10.0 Å². The van der Waals surface area contributed by atoms with Crippen molar-refractivity contribution in [3.8, 4) is 11.1 Å². The molecule has 9 heteroatoms. The van der Waals surface area contributed by atoms with E-state index < -0.39 is 27.4 Å². The molecule has 3 rings (SSSR count). The largest absolute Gasteiger partial charge is 0.471 e. The van der Waals surface area contributed by atoms with Gasteiger partial charge in [-0.15, -0.1) is 0 Å². The van der Waals surface area contributed by atoms with Crippen LogP contribution in [0.2, 0.25) is 0 Å². The van der Waals surface area contributed by atoms with Crippen LogP contribution in [0.15, 0.2) is 48.5 Å². The zero-order chi connectivity index (χ0) is 24.2. The Balaban J connectivity index is 1.61. The van der Waals surface area contributed by atoms with E-state index in [2.05, 4.69) is 4.72 Å². The fourth-order valence-corrected chi connectivity index (χ4v) is 5.03. The third-order valence-corrected chi connectivity index (χ3v) is 7.91. The second-order valence-electron chi connectivity index (χ2n) is 8.68. The van der Waals surface area contributed by atoms with Gasteiger partial charge in [0.15, 0.2) is 0 Å². The molecule has 0 spiro atoms. The molecule has 2 atom stereocenters. The minimum atomic E-state index is -4.87. The Bertz CT molecular complexity index is 1050. The number of hydrogen-bond acceptors (Lipinski definition) is 3. The van der Waals surface area contributed by atoms with Gasteiger partial charge in [-0.1, -0.05) is 55.0 Å². The normalized spacial score (nSPS) is 19.1. The van der Waals surface area contributed by atoms with E-state index in [-0.39, 0.29) is 18.5 Å². The molecule has 1 aliphatic carbocycles. The second kappa shape index (κ2) is 10.3. The van der Waals surface area contributed by atoms with Crippen molar-refractivity contribution in [3.63, 3.8) is 0 Å². The van der Waals surface area contributed by atoms with Gasteiger partial charge in [0.2, 0.25) is 10.0 Å². The first-order valence-electron chi connectivity index (χ1n) is 11.0. The van der Waals surface area contributed by atoms with Crippen molar-refractivity contribution in [2.75, 3.05) is 6.54 Å². The Hall–Kier alpha value is -2.39. The standard InChI is InChI=1S/C24H29F3N2O3S/c1-16(2)33(31,32)29-22-5-3-4-21(22)20-12-10-19(11-13-20)18-8-6-17(7-9-18)14-15-28-23(30)24(25,26)27/h6-13,16,21-22,29H,3-5,14-15H2,1-2H3,(H,28,30). The fraction of sp³-hybridized carbons (Fsp3) is 0.458. The summed E-state index contributed by atoms with van der Waals surface area (Å²) in [5.74, 6) is -1.79. The minimum absolute atomic E-state index is 0.0878. The molecule has 1 amide bonds. The topological polar surface area (TPSA) is 75.3 Å². The Morgan fingerprint density at radius 1 is 1.00 bits per heavy atom. The molecule has 5 nitrogen and oxygen atoms in total. The van der Waals surface area contributed by atoms with E-state index in [0.717, 1.165) is 41.5 Å². The summed E-state index contributed by atoms with van der Waals surface area (Å²) in [5, 5.41) is 1.40.